The molecule has 2 heterocycles. The number of aromatic nitrogens is 1. The average Bonchev–Trinajstić information content (AvgIpc) is 3.27. The quantitative estimate of drug-likeness (QED) is 0.0940. The number of ether oxygens (including phenoxy) is 1. The zero-order chi connectivity index (χ0) is 52.9. The van der Waals surface area contributed by atoms with Gasteiger partial charge in [0.05, 0.1) is 32.3 Å². The van der Waals surface area contributed by atoms with Crippen molar-refractivity contribution in [1.82, 2.24) is 14.4 Å². The number of pyridine rings is 1. The number of hydrogen-bond donors (Lipinski definition) is 0. The van der Waals surface area contributed by atoms with E-state index in [9.17, 15) is 32.0 Å². The van der Waals surface area contributed by atoms with Crippen LogP contribution in [0.2, 0.25) is 0 Å². The third-order valence-corrected chi connectivity index (χ3v) is 8.50. The Balaban J connectivity index is 1.68. The Morgan fingerprint density at radius 1 is 1.04 bits per heavy atom. The largest absolute Gasteiger partial charge is 0.416 e. The Kier molecular flexibility index (Phi) is 6.91. The van der Waals surface area contributed by atoms with Gasteiger partial charge in [0.1, 0.15) is 6.50 Å². The first-order valence-electron chi connectivity index (χ1n) is 24.1. The summed E-state index contributed by atoms with van der Waals surface area (Å²) in [6.45, 7) is -13.4. The molecule has 1 fully saturated rings. The second-order valence-electron chi connectivity index (χ2n) is 11.4. The number of carbonyl (C=O) groups is 1. The van der Waals surface area contributed by atoms with E-state index in [0.29, 0.717) is 6.07 Å². The highest BCUT2D eigenvalue weighted by Crippen LogP contribution is 2.32. The fourth-order valence-corrected chi connectivity index (χ4v) is 5.71. The van der Waals surface area contributed by atoms with Crippen molar-refractivity contribution < 1.29 is 54.8 Å². The lowest BCUT2D eigenvalue weighted by molar-refractivity contribution is -0.137. The molecule has 1 amide bonds. The number of piperidine rings is 1. The SMILES string of the molecule is [2H]c1c(C)c([2H])c2c(c1[2H])c(=O)c([2H])c(SC([2H])([2H])c1cccc(F)c1F)n2C([2H])([2H])C(=O)N(Cc1ccc(-c2ccc(C(F)(F)F)cc2)cc1)C1([2H])C([2H])([2H])C([2H])([2H])N(CCOC)C([2H])([2H])C1([2H])[2H]. The molecule has 1 aliphatic heterocycles. The van der Waals surface area contributed by atoms with Gasteiger partial charge in [-0.15, -0.1) is 11.8 Å². The van der Waals surface area contributed by atoms with Crippen LogP contribution >= 0.6 is 11.8 Å². The molecule has 0 N–H and O–H groups in total. The van der Waals surface area contributed by atoms with E-state index in [2.05, 4.69) is 0 Å². The van der Waals surface area contributed by atoms with Crippen LogP contribution in [0.15, 0.2) is 101 Å². The van der Waals surface area contributed by atoms with E-state index in [0.717, 1.165) is 62.6 Å². The van der Waals surface area contributed by atoms with Crippen molar-refractivity contribution in [2.75, 3.05) is 33.3 Å². The van der Waals surface area contributed by atoms with E-state index < -0.39 is 150 Å². The number of thioether (sulfide) groups is 1. The normalized spacial score (nSPS) is 23.8. The zero-order valence-electron chi connectivity index (χ0n) is 44.8. The summed E-state index contributed by atoms with van der Waals surface area (Å²) in [6, 6.07) is 2.37. The minimum absolute atomic E-state index is 0.00707. The first kappa shape index (κ1) is 22.0. The van der Waals surface area contributed by atoms with E-state index in [1.54, 1.807) is 0 Å². The molecule has 0 unspecified atom stereocenters. The fraction of sp³-hybridized carbons (Fsp3) is 0.317. The molecule has 1 saturated heterocycles. The molecular formula is C41H40F5N3O3S. The number of hydrogen-bond acceptors (Lipinski definition) is 5. The predicted octanol–water partition coefficient (Wildman–Crippen LogP) is 8.71. The van der Waals surface area contributed by atoms with Crippen LogP contribution in [0.25, 0.3) is 22.0 Å². The molecule has 0 radical (unpaired) electrons. The van der Waals surface area contributed by atoms with Gasteiger partial charge in [-0.1, -0.05) is 54.6 Å². The topological polar surface area (TPSA) is 54.8 Å². The van der Waals surface area contributed by atoms with Crippen LogP contribution in [0.4, 0.5) is 22.0 Å². The van der Waals surface area contributed by atoms with Gasteiger partial charge in [-0.05, 0) is 72.2 Å². The van der Waals surface area contributed by atoms with Gasteiger partial charge in [-0.3, -0.25) is 9.59 Å². The summed E-state index contributed by atoms with van der Waals surface area (Å²) in [4.78, 5) is 29.5. The van der Waals surface area contributed by atoms with Crippen LogP contribution in [0.5, 0.6) is 0 Å². The molecule has 6 nitrogen and oxygen atoms in total. The Labute approximate surface area is 333 Å². The van der Waals surface area contributed by atoms with E-state index in [-0.39, 0.29) is 42.8 Å². The van der Waals surface area contributed by atoms with Gasteiger partial charge in [0.2, 0.25) is 5.91 Å². The highest BCUT2D eigenvalue weighted by atomic mass is 32.2. The Bertz CT molecular complexity index is 2910. The number of rotatable bonds is 12. The van der Waals surface area contributed by atoms with Crippen molar-refractivity contribution in [2.24, 2.45) is 0 Å². The smallest absolute Gasteiger partial charge is 0.383 e. The summed E-state index contributed by atoms with van der Waals surface area (Å²) >= 11 is -0.364. The molecule has 6 rings (SSSR count). The molecule has 1 aliphatic rings. The van der Waals surface area contributed by atoms with Crippen LogP contribution in [-0.2, 0) is 34.5 Å². The van der Waals surface area contributed by atoms with Gasteiger partial charge in [-0.2, -0.15) is 13.2 Å². The van der Waals surface area contributed by atoms with Crippen LogP contribution in [0.3, 0.4) is 0 Å². The zero-order valence-corrected chi connectivity index (χ0v) is 28.7. The third kappa shape index (κ3) is 9.17. The lowest BCUT2D eigenvalue weighted by Crippen LogP contribution is -2.48. The van der Waals surface area contributed by atoms with E-state index in [1.165, 1.54) is 12.1 Å². The monoisotopic (exact) mass is 766 g/mol. The Morgan fingerprint density at radius 3 is 2.38 bits per heavy atom. The lowest BCUT2D eigenvalue weighted by Gasteiger charge is -2.39. The summed E-state index contributed by atoms with van der Waals surface area (Å²) in [7, 11) is 1.12. The van der Waals surface area contributed by atoms with Crippen molar-refractivity contribution in [3.63, 3.8) is 0 Å². The predicted molar refractivity (Wildman–Crippen MR) is 198 cm³/mol. The molecule has 12 heteroatoms. The number of halogens is 5. The van der Waals surface area contributed by atoms with Gasteiger partial charge in [0.25, 0.3) is 0 Å². The summed E-state index contributed by atoms with van der Waals surface area (Å²) in [5, 5.41) is -2.35. The molecular weight excluding hydrogens is 710 g/mol. The van der Waals surface area contributed by atoms with Gasteiger partial charge in [0, 0.05) is 75.6 Å². The molecule has 0 atom stereocenters. The van der Waals surface area contributed by atoms with Crippen molar-refractivity contribution in [3.8, 4) is 11.1 Å². The van der Waals surface area contributed by atoms with Gasteiger partial charge < -0.3 is 19.1 Å². The van der Waals surface area contributed by atoms with E-state index in [4.69, 9.17) is 18.4 Å². The lowest BCUT2D eigenvalue weighted by atomic mass is 10.00. The van der Waals surface area contributed by atoms with Gasteiger partial charge >= 0.3 is 6.18 Å². The number of likely N-dealkylation sites (tertiary alicyclic amines) is 1. The Morgan fingerprint density at radius 2 is 1.72 bits per heavy atom. The van der Waals surface area contributed by atoms with E-state index in [1.807, 2.05) is 0 Å². The van der Waals surface area contributed by atoms with Crippen LogP contribution < -0.4 is 5.43 Å². The number of amides is 1. The van der Waals surface area contributed by atoms with Crippen molar-refractivity contribution in [1.29, 1.82) is 0 Å². The minimum Gasteiger partial charge on any atom is -0.383 e. The molecule has 0 bridgehead atoms. The van der Waals surface area contributed by atoms with Gasteiger partial charge in [0.15, 0.2) is 17.1 Å². The standard InChI is InChI=1S/C41H40F5N3O3S/c1-27-6-15-34-36(22-27)49(39(23-37(34)50)53-26-31-4-3-5-35(42)40(31)43)25-38(51)48(33-16-18-47(19-17-33)20-21-52-2)24-28-7-9-29(10-8-28)30-11-13-32(14-12-30)41(44,45)46/h3-15,22-23,33H,16-21,24-26H2,1-2H3/i6D,15D,16D2,17D2,18D2,19D2,22D,23D,25D2,26D2,33D. The summed E-state index contributed by atoms with van der Waals surface area (Å²) < 4.78 is 229. The molecule has 1 aromatic heterocycles. The maximum atomic E-state index is 15.6. The van der Waals surface area contributed by atoms with Crippen LogP contribution in [0, 0.1) is 18.6 Å². The number of nitrogens with zero attached hydrogens (tertiary/aromatic N) is 3. The second-order valence-corrected chi connectivity index (χ2v) is 12.2. The molecule has 0 aliphatic carbocycles. The number of methoxy groups -OCH3 is 1. The second kappa shape index (κ2) is 16.7. The number of carbonyl (C=O) groups excluding carboxylic acids is 1. The number of alkyl halides is 3. The number of benzene rings is 4. The minimum atomic E-state index is -4.68. The van der Waals surface area contributed by atoms with Crippen molar-refractivity contribution >= 4 is 28.6 Å². The fourth-order valence-electron chi connectivity index (χ4n) is 4.97. The maximum Gasteiger partial charge on any atom is 0.416 e. The van der Waals surface area contributed by atoms with Crippen molar-refractivity contribution in [3.05, 3.63) is 135 Å². The molecule has 4 aromatic carbocycles. The van der Waals surface area contributed by atoms with Gasteiger partial charge in [-0.25, -0.2) is 8.78 Å². The average molecular weight is 767 g/mol. The molecule has 278 valence electrons. The molecule has 53 heavy (non-hydrogen) atoms. The summed E-state index contributed by atoms with van der Waals surface area (Å²) in [5.74, 6) is -5.64. The summed E-state index contributed by atoms with van der Waals surface area (Å²) in [5.41, 5.74) is -8.28. The molecule has 0 spiro atoms. The highest BCUT2D eigenvalue weighted by molar-refractivity contribution is 7.98. The van der Waals surface area contributed by atoms with Crippen LogP contribution in [-0.4, -0.2) is 59.5 Å². The molecule has 0 saturated carbocycles. The van der Waals surface area contributed by atoms with Crippen LogP contribution in [0.1, 0.15) is 58.3 Å². The third-order valence-electron chi connectivity index (χ3n) is 7.70. The van der Waals surface area contributed by atoms with E-state index >= 15 is 9.18 Å². The highest BCUT2D eigenvalue weighted by Gasteiger charge is 2.31. The van der Waals surface area contributed by atoms with Crippen molar-refractivity contribution in [2.45, 2.75) is 55.6 Å². The number of fused-ring (bicyclic) bond motifs is 1. The first-order valence-corrected chi connectivity index (χ1v) is 16.5. The maximum absolute atomic E-state index is 15.6. The first-order chi connectivity index (χ1) is 32.0. The molecule has 5 aromatic rings. The summed E-state index contributed by atoms with van der Waals surface area (Å²) in [6.07, 6.45) is -12.9. The Hall–Kier alpha value is -4.52.